The molecule has 4 aliphatic rings. The first-order valence-corrected chi connectivity index (χ1v) is 11.2. The third-order valence-corrected chi connectivity index (χ3v) is 7.24. The van der Waals surface area contributed by atoms with Gasteiger partial charge in [-0.3, -0.25) is 9.59 Å². The average Bonchev–Trinajstić information content (AvgIpc) is 3.03. The Balaban J connectivity index is 1.11. The molecule has 3 aliphatic carbocycles. The van der Waals surface area contributed by atoms with Crippen molar-refractivity contribution < 1.29 is 23.5 Å². The summed E-state index contributed by atoms with van der Waals surface area (Å²) in [4.78, 5) is 25.4. The monoisotopic (exact) mass is 457 g/mol. The van der Waals surface area contributed by atoms with E-state index in [0.29, 0.717) is 34.9 Å². The molecule has 0 spiro atoms. The van der Waals surface area contributed by atoms with Crippen molar-refractivity contribution in [3.63, 3.8) is 0 Å². The molecule has 0 saturated heterocycles. The maximum atomic E-state index is 13.6. The first-order chi connectivity index (χ1) is 15.1. The summed E-state index contributed by atoms with van der Waals surface area (Å²) in [6.45, 7) is 3.40. The maximum absolute atomic E-state index is 13.6. The second-order valence-electron chi connectivity index (χ2n) is 9.94. The summed E-state index contributed by atoms with van der Waals surface area (Å²) in [6.07, 6.45) is 3.24. The number of hydrogen-bond acceptors (Lipinski definition) is 4. The summed E-state index contributed by atoms with van der Waals surface area (Å²) in [7, 11) is 0. The number of ketones is 1. The Bertz CT molecular complexity index is 1110. The van der Waals surface area contributed by atoms with Crippen LogP contribution in [0.25, 0.3) is 0 Å². The fourth-order valence-corrected chi connectivity index (χ4v) is 5.74. The molecule has 168 valence electrons. The van der Waals surface area contributed by atoms with E-state index in [1.54, 1.807) is 38.1 Å². The van der Waals surface area contributed by atoms with Crippen LogP contribution in [-0.4, -0.2) is 29.4 Å². The molecular weight excluding hydrogens is 433 g/mol. The van der Waals surface area contributed by atoms with Gasteiger partial charge in [0.25, 0.3) is 5.91 Å². The Morgan fingerprint density at radius 1 is 1.19 bits per heavy atom. The summed E-state index contributed by atoms with van der Waals surface area (Å²) in [5.41, 5.74) is 0.220. The van der Waals surface area contributed by atoms with Gasteiger partial charge in [0, 0.05) is 35.0 Å². The van der Waals surface area contributed by atoms with Crippen molar-refractivity contribution in [2.45, 2.75) is 57.1 Å². The lowest BCUT2D eigenvalue weighted by Gasteiger charge is -2.71. The maximum Gasteiger partial charge on any atom is 0.264 e. The molecule has 0 unspecified atom stereocenters. The Morgan fingerprint density at radius 3 is 2.66 bits per heavy atom. The van der Waals surface area contributed by atoms with Gasteiger partial charge in [-0.2, -0.15) is 0 Å². The summed E-state index contributed by atoms with van der Waals surface area (Å²) in [5.74, 6) is 0.562. The molecule has 1 aliphatic heterocycles. The predicted molar refractivity (Wildman–Crippen MR) is 118 cm³/mol. The number of benzene rings is 2. The molecule has 3 saturated carbocycles. The standard InChI is InChI=1S/C25H25ClFNO4/c1-15-3-5-19(8-20(15)27)31-11-18(29)10-24-12-25(13-24,14-24)28-22(30)23(2)9-16-7-17(26)4-6-21(16)32-23/h3-8H,9-14H2,1-2H3,(H,28,30)/t23-,24?,25?/m0/s1. The number of fused-ring (bicyclic) bond motifs is 1. The van der Waals surface area contributed by atoms with Gasteiger partial charge in [-0.1, -0.05) is 17.7 Å². The summed E-state index contributed by atoms with van der Waals surface area (Å²) < 4.78 is 25.0. The normalized spacial score (nSPS) is 29.2. The van der Waals surface area contributed by atoms with Crippen LogP contribution < -0.4 is 14.8 Å². The number of rotatable bonds is 7. The van der Waals surface area contributed by atoms with Crippen LogP contribution in [-0.2, 0) is 16.0 Å². The third-order valence-electron chi connectivity index (χ3n) is 7.00. The van der Waals surface area contributed by atoms with Crippen molar-refractivity contribution in [1.29, 1.82) is 0 Å². The van der Waals surface area contributed by atoms with Crippen molar-refractivity contribution in [1.82, 2.24) is 5.32 Å². The van der Waals surface area contributed by atoms with E-state index in [1.807, 2.05) is 6.07 Å². The third kappa shape index (κ3) is 3.64. The van der Waals surface area contributed by atoms with Gasteiger partial charge in [-0.25, -0.2) is 4.39 Å². The lowest BCUT2D eigenvalue weighted by atomic mass is 9.38. The largest absolute Gasteiger partial charge is 0.486 e. The number of carbonyl (C=O) groups is 2. The van der Waals surface area contributed by atoms with Crippen molar-refractivity contribution in [2.24, 2.45) is 5.41 Å². The van der Waals surface area contributed by atoms with Crippen LogP contribution in [0.1, 0.15) is 43.7 Å². The molecule has 7 heteroatoms. The molecule has 3 fully saturated rings. The molecule has 2 bridgehead atoms. The highest BCUT2D eigenvalue weighted by molar-refractivity contribution is 6.30. The number of Topliss-reactive ketones (excluding diaryl/α,β-unsaturated/α-hetero) is 1. The van der Waals surface area contributed by atoms with Crippen molar-refractivity contribution in [3.05, 3.63) is 58.4 Å². The van der Waals surface area contributed by atoms with E-state index >= 15 is 0 Å². The summed E-state index contributed by atoms with van der Waals surface area (Å²) >= 11 is 6.06. The molecule has 1 atom stereocenters. The zero-order valence-corrected chi connectivity index (χ0v) is 18.9. The predicted octanol–water partition coefficient (Wildman–Crippen LogP) is 4.56. The fraction of sp³-hybridized carbons (Fsp3) is 0.440. The van der Waals surface area contributed by atoms with Crippen LogP contribution in [0.2, 0.25) is 5.02 Å². The molecule has 1 amide bonds. The van der Waals surface area contributed by atoms with E-state index in [0.717, 1.165) is 24.8 Å². The molecule has 6 rings (SSSR count). The molecule has 1 heterocycles. The number of halogens is 2. The lowest BCUT2D eigenvalue weighted by molar-refractivity contribution is -0.178. The van der Waals surface area contributed by atoms with Gasteiger partial charge >= 0.3 is 0 Å². The highest BCUT2D eigenvalue weighted by Crippen LogP contribution is 2.69. The smallest absolute Gasteiger partial charge is 0.264 e. The molecule has 32 heavy (non-hydrogen) atoms. The van der Waals surface area contributed by atoms with Crippen LogP contribution in [0.3, 0.4) is 0 Å². The number of ether oxygens (including phenoxy) is 2. The van der Waals surface area contributed by atoms with Gasteiger partial charge in [0.15, 0.2) is 11.4 Å². The highest BCUT2D eigenvalue weighted by atomic mass is 35.5. The van der Waals surface area contributed by atoms with E-state index < -0.39 is 5.60 Å². The minimum atomic E-state index is -0.956. The van der Waals surface area contributed by atoms with Crippen molar-refractivity contribution in [3.8, 4) is 11.5 Å². The van der Waals surface area contributed by atoms with Gasteiger partial charge in [0.2, 0.25) is 0 Å². The minimum absolute atomic E-state index is 0.0102. The molecule has 5 nitrogen and oxygen atoms in total. The van der Waals surface area contributed by atoms with Crippen LogP contribution in [0.4, 0.5) is 4.39 Å². The fourth-order valence-electron chi connectivity index (χ4n) is 5.54. The van der Waals surface area contributed by atoms with Gasteiger partial charge in [-0.15, -0.1) is 0 Å². The van der Waals surface area contributed by atoms with Crippen molar-refractivity contribution in [2.75, 3.05) is 6.61 Å². The minimum Gasteiger partial charge on any atom is -0.486 e. The Hall–Kier alpha value is -2.60. The van der Waals surface area contributed by atoms with Gasteiger partial charge in [-0.05, 0) is 68.4 Å². The molecular formula is C25H25ClFNO4. The topological polar surface area (TPSA) is 64.6 Å². The first-order valence-electron chi connectivity index (χ1n) is 10.8. The lowest BCUT2D eigenvalue weighted by Crippen LogP contribution is -2.76. The SMILES string of the molecule is Cc1ccc(OCC(=O)CC23CC(NC(=O)[C@]4(C)Cc5cc(Cl)ccc5O4)(C2)C3)cc1F. The number of carbonyl (C=O) groups excluding carboxylic acids is 2. The number of amides is 1. The number of hydrogen-bond donors (Lipinski definition) is 1. The van der Waals surface area contributed by atoms with Crippen LogP contribution >= 0.6 is 11.6 Å². The summed E-state index contributed by atoms with van der Waals surface area (Å²) in [5, 5.41) is 3.80. The molecule has 1 N–H and O–H groups in total. The van der Waals surface area contributed by atoms with E-state index in [2.05, 4.69) is 5.32 Å². The van der Waals surface area contributed by atoms with Gasteiger partial charge in [0.05, 0.1) is 0 Å². The molecule has 0 aromatic heterocycles. The van der Waals surface area contributed by atoms with E-state index in [9.17, 15) is 14.0 Å². The molecule has 2 aromatic rings. The zero-order chi connectivity index (χ0) is 22.7. The summed E-state index contributed by atoms with van der Waals surface area (Å²) in [6, 6.07) is 9.98. The number of aryl methyl sites for hydroxylation is 1. The van der Waals surface area contributed by atoms with E-state index in [4.69, 9.17) is 21.1 Å². The molecule has 0 radical (unpaired) electrons. The second-order valence-corrected chi connectivity index (χ2v) is 10.4. The van der Waals surface area contributed by atoms with Crippen molar-refractivity contribution >= 4 is 23.3 Å². The quantitative estimate of drug-likeness (QED) is 0.662. The Kier molecular flexibility index (Phi) is 4.79. The van der Waals surface area contributed by atoms with E-state index in [1.165, 1.54) is 6.07 Å². The Morgan fingerprint density at radius 2 is 1.94 bits per heavy atom. The average molecular weight is 458 g/mol. The zero-order valence-electron chi connectivity index (χ0n) is 18.1. The number of nitrogens with one attached hydrogen (secondary N) is 1. The van der Waals surface area contributed by atoms with Crippen LogP contribution in [0, 0.1) is 18.2 Å². The van der Waals surface area contributed by atoms with Gasteiger partial charge in [0.1, 0.15) is 23.9 Å². The van der Waals surface area contributed by atoms with Crippen LogP contribution in [0.15, 0.2) is 36.4 Å². The first kappa shape index (κ1) is 21.3. The van der Waals surface area contributed by atoms with Crippen LogP contribution in [0.5, 0.6) is 11.5 Å². The highest BCUT2D eigenvalue weighted by Gasteiger charge is 2.69. The van der Waals surface area contributed by atoms with E-state index in [-0.39, 0.29) is 35.1 Å². The second kappa shape index (κ2) is 7.20. The Labute approximate surface area is 191 Å². The molecule has 2 aromatic carbocycles. The van der Waals surface area contributed by atoms with Gasteiger partial charge < -0.3 is 14.8 Å².